The van der Waals surface area contributed by atoms with E-state index >= 15 is 0 Å². The molecule has 0 saturated carbocycles. The Balaban J connectivity index is 2.28. The zero-order chi connectivity index (χ0) is 11.3. The molecule has 1 aromatic rings. The molecule has 0 aliphatic carbocycles. The van der Waals surface area contributed by atoms with Gasteiger partial charge in [-0.05, 0) is 13.8 Å². The highest BCUT2D eigenvalue weighted by molar-refractivity contribution is 5.85. The van der Waals surface area contributed by atoms with Crippen molar-refractivity contribution in [1.29, 1.82) is 0 Å². The molecule has 1 aromatic heterocycles. The Bertz CT molecular complexity index is 368. The quantitative estimate of drug-likeness (QED) is 0.562. The minimum Gasteiger partial charge on any atom is -0.478 e. The Labute approximate surface area is 87.8 Å². The molecule has 0 atom stereocenters. The third-order valence-electron chi connectivity index (χ3n) is 1.87. The maximum absolute atomic E-state index is 10.4. The highest BCUT2D eigenvalue weighted by atomic mass is 16.5. The van der Waals surface area contributed by atoms with Crippen LogP contribution >= 0.6 is 0 Å². The van der Waals surface area contributed by atoms with E-state index in [0.717, 1.165) is 11.5 Å². The van der Waals surface area contributed by atoms with Crippen LogP contribution in [0.15, 0.2) is 22.2 Å². The fraction of sp³-hybridized carbons (Fsp3) is 0.400. The van der Waals surface area contributed by atoms with Crippen molar-refractivity contribution in [3.63, 3.8) is 0 Å². The fourth-order valence-corrected chi connectivity index (χ4v) is 1.01. The van der Waals surface area contributed by atoms with Crippen molar-refractivity contribution in [2.45, 2.75) is 20.4 Å². The average molecular weight is 210 g/mol. The van der Waals surface area contributed by atoms with Crippen molar-refractivity contribution in [2.24, 2.45) is 0 Å². The maximum Gasteiger partial charge on any atom is 0.330 e. The highest BCUT2D eigenvalue weighted by Gasteiger charge is 2.00. The molecule has 5 heteroatoms. The third kappa shape index (κ3) is 3.95. The molecule has 0 aliphatic rings. The largest absolute Gasteiger partial charge is 0.478 e. The summed E-state index contributed by atoms with van der Waals surface area (Å²) in [5.41, 5.74) is 1.17. The first-order valence-corrected chi connectivity index (χ1v) is 4.62. The van der Waals surface area contributed by atoms with Gasteiger partial charge in [0, 0.05) is 18.2 Å². The van der Waals surface area contributed by atoms with Gasteiger partial charge in [0.05, 0.1) is 12.2 Å². The molecular weight excluding hydrogens is 196 g/mol. The molecule has 5 nitrogen and oxygen atoms in total. The molecule has 0 aromatic carbocycles. The lowest BCUT2D eigenvalue weighted by Gasteiger charge is -1.97. The molecule has 0 fully saturated rings. The number of aliphatic carboxylic acids is 1. The zero-order valence-corrected chi connectivity index (χ0v) is 8.78. The van der Waals surface area contributed by atoms with Gasteiger partial charge in [0.1, 0.15) is 0 Å². The van der Waals surface area contributed by atoms with Gasteiger partial charge in [0.2, 0.25) is 0 Å². The summed E-state index contributed by atoms with van der Waals surface area (Å²) in [7, 11) is 0. The monoisotopic (exact) mass is 210 g/mol. The SMILES string of the molecule is CC(=CCNCc1cc(C)no1)C(=O)O. The van der Waals surface area contributed by atoms with Crippen LogP contribution in [0.4, 0.5) is 0 Å². The molecule has 0 aliphatic heterocycles. The molecule has 15 heavy (non-hydrogen) atoms. The van der Waals surface area contributed by atoms with Crippen LogP contribution in [-0.4, -0.2) is 22.8 Å². The molecule has 0 unspecified atom stereocenters. The van der Waals surface area contributed by atoms with Crippen LogP contribution in [0.3, 0.4) is 0 Å². The number of nitrogens with one attached hydrogen (secondary N) is 1. The van der Waals surface area contributed by atoms with E-state index in [1.54, 1.807) is 13.0 Å². The standard InChI is InChI=1S/C10H14N2O3/c1-7(10(13)14)3-4-11-6-9-5-8(2)12-15-9/h3,5,11H,4,6H2,1-2H3,(H,13,14). The van der Waals surface area contributed by atoms with E-state index in [-0.39, 0.29) is 0 Å². The summed E-state index contributed by atoms with van der Waals surface area (Å²) < 4.78 is 4.97. The number of aromatic nitrogens is 1. The third-order valence-corrected chi connectivity index (χ3v) is 1.87. The predicted octanol–water partition coefficient (Wildman–Crippen LogP) is 1.10. The number of carboxylic acid groups (broad SMARTS) is 1. The lowest BCUT2D eigenvalue weighted by molar-refractivity contribution is -0.132. The van der Waals surface area contributed by atoms with E-state index in [4.69, 9.17) is 9.63 Å². The van der Waals surface area contributed by atoms with Crippen molar-refractivity contribution in [3.8, 4) is 0 Å². The van der Waals surface area contributed by atoms with Gasteiger partial charge < -0.3 is 14.9 Å². The summed E-state index contributed by atoms with van der Waals surface area (Å²) in [5.74, 6) is -0.152. The summed E-state index contributed by atoms with van der Waals surface area (Å²) in [5, 5.41) is 15.3. The van der Waals surface area contributed by atoms with Crippen LogP contribution in [0.25, 0.3) is 0 Å². The second-order valence-corrected chi connectivity index (χ2v) is 3.26. The molecule has 0 bridgehead atoms. The average Bonchev–Trinajstić information content (AvgIpc) is 2.58. The number of hydrogen-bond donors (Lipinski definition) is 2. The summed E-state index contributed by atoms with van der Waals surface area (Å²) in [6, 6.07) is 1.83. The van der Waals surface area contributed by atoms with Crippen LogP contribution in [0.1, 0.15) is 18.4 Å². The van der Waals surface area contributed by atoms with Crippen LogP contribution < -0.4 is 5.32 Å². The van der Waals surface area contributed by atoms with Crippen LogP contribution in [0.2, 0.25) is 0 Å². The van der Waals surface area contributed by atoms with Crippen LogP contribution in [0, 0.1) is 6.92 Å². The van der Waals surface area contributed by atoms with Crippen LogP contribution in [-0.2, 0) is 11.3 Å². The van der Waals surface area contributed by atoms with Gasteiger partial charge in [-0.2, -0.15) is 0 Å². The number of nitrogens with zero attached hydrogens (tertiary/aromatic N) is 1. The highest BCUT2D eigenvalue weighted by Crippen LogP contribution is 2.00. The zero-order valence-electron chi connectivity index (χ0n) is 8.78. The van der Waals surface area contributed by atoms with Gasteiger partial charge >= 0.3 is 5.97 Å². The second kappa shape index (κ2) is 5.31. The Morgan fingerprint density at radius 1 is 1.73 bits per heavy atom. The summed E-state index contributed by atoms with van der Waals surface area (Å²) in [4.78, 5) is 10.4. The first-order chi connectivity index (χ1) is 7.09. The van der Waals surface area contributed by atoms with Gasteiger partial charge in [0.15, 0.2) is 5.76 Å². The lowest BCUT2D eigenvalue weighted by atomic mass is 10.3. The first kappa shape index (κ1) is 11.5. The van der Waals surface area contributed by atoms with Crippen molar-refractivity contribution < 1.29 is 14.4 Å². The Morgan fingerprint density at radius 2 is 2.47 bits per heavy atom. The molecule has 0 radical (unpaired) electrons. The van der Waals surface area contributed by atoms with E-state index in [1.165, 1.54) is 0 Å². The topological polar surface area (TPSA) is 75.4 Å². The molecule has 0 amide bonds. The van der Waals surface area contributed by atoms with Gasteiger partial charge in [-0.3, -0.25) is 0 Å². The van der Waals surface area contributed by atoms with Gasteiger partial charge in [-0.25, -0.2) is 4.79 Å². The summed E-state index contributed by atoms with van der Waals surface area (Å²) in [6.07, 6.45) is 1.62. The van der Waals surface area contributed by atoms with Gasteiger partial charge in [-0.1, -0.05) is 11.2 Å². The number of carbonyl (C=O) groups is 1. The van der Waals surface area contributed by atoms with Crippen LogP contribution in [0.5, 0.6) is 0 Å². The van der Waals surface area contributed by atoms with E-state index in [9.17, 15) is 4.79 Å². The van der Waals surface area contributed by atoms with Crippen molar-refractivity contribution >= 4 is 5.97 Å². The number of hydrogen-bond acceptors (Lipinski definition) is 4. The second-order valence-electron chi connectivity index (χ2n) is 3.26. The predicted molar refractivity (Wildman–Crippen MR) is 54.3 cm³/mol. The summed E-state index contributed by atoms with van der Waals surface area (Å²) >= 11 is 0. The van der Waals surface area contributed by atoms with Crippen molar-refractivity contribution in [1.82, 2.24) is 10.5 Å². The number of aryl methyl sites for hydroxylation is 1. The molecule has 1 heterocycles. The Kier molecular flexibility index (Phi) is 4.05. The van der Waals surface area contributed by atoms with Gasteiger partial charge in [0.25, 0.3) is 0 Å². The molecule has 0 saturated heterocycles. The number of rotatable bonds is 5. The number of carboxylic acids is 1. The minimum atomic E-state index is -0.896. The van der Waals surface area contributed by atoms with E-state index in [2.05, 4.69) is 10.5 Å². The van der Waals surface area contributed by atoms with Crippen molar-refractivity contribution in [2.75, 3.05) is 6.54 Å². The molecular formula is C10H14N2O3. The minimum absolute atomic E-state index is 0.330. The maximum atomic E-state index is 10.4. The molecule has 0 spiro atoms. The lowest BCUT2D eigenvalue weighted by Crippen LogP contribution is -2.13. The van der Waals surface area contributed by atoms with Gasteiger partial charge in [-0.15, -0.1) is 0 Å². The molecule has 1 rings (SSSR count). The Hall–Kier alpha value is -1.62. The van der Waals surface area contributed by atoms with E-state index in [1.807, 2.05) is 13.0 Å². The van der Waals surface area contributed by atoms with E-state index in [0.29, 0.717) is 18.7 Å². The summed E-state index contributed by atoms with van der Waals surface area (Å²) in [6.45, 7) is 4.45. The molecule has 82 valence electrons. The Morgan fingerprint density at radius 3 is 3.00 bits per heavy atom. The molecule has 2 N–H and O–H groups in total. The first-order valence-electron chi connectivity index (χ1n) is 4.62. The fourth-order valence-electron chi connectivity index (χ4n) is 1.01. The normalized spacial score (nSPS) is 11.7. The smallest absolute Gasteiger partial charge is 0.330 e. The van der Waals surface area contributed by atoms with E-state index < -0.39 is 5.97 Å². The van der Waals surface area contributed by atoms with Crippen molar-refractivity contribution in [3.05, 3.63) is 29.2 Å².